The summed E-state index contributed by atoms with van der Waals surface area (Å²) in [5, 5.41) is 9.58. The fourth-order valence-corrected chi connectivity index (χ4v) is 1.89. The molecule has 4 heteroatoms. The number of fused-ring (bicyclic) bond motifs is 1. The van der Waals surface area contributed by atoms with Gasteiger partial charge in [0.1, 0.15) is 12.4 Å². The summed E-state index contributed by atoms with van der Waals surface area (Å²) in [6.07, 6.45) is -1.61. The van der Waals surface area contributed by atoms with E-state index in [1.165, 1.54) is 0 Å². The second-order valence-corrected chi connectivity index (χ2v) is 3.58. The van der Waals surface area contributed by atoms with Crippen LogP contribution < -0.4 is 4.74 Å². The van der Waals surface area contributed by atoms with Crippen LogP contribution in [0, 0.1) is 0 Å². The standard InChI is InChI=1S/C11H12F2O2/c12-11(13)6-15-10-3-1-2-7-8(10)4-5-9(7)14/h1-3,9,11,14H,4-6H2. The lowest BCUT2D eigenvalue weighted by Crippen LogP contribution is -2.08. The number of benzene rings is 1. The Morgan fingerprint density at radius 3 is 3.00 bits per heavy atom. The Kier molecular flexibility index (Phi) is 2.86. The fraction of sp³-hybridized carbons (Fsp3) is 0.455. The molecule has 0 aliphatic heterocycles. The molecular formula is C11H12F2O2. The topological polar surface area (TPSA) is 29.5 Å². The van der Waals surface area contributed by atoms with Crippen molar-refractivity contribution in [1.29, 1.82) is 0 Å². The Balaban J connectivity index is 2.19. The number of aliphatic hydroxyl groups excluding tert-OH is 1. The van der Waals surface area contributed by atoms with Crippen molar-refractivity contribution in [2.75, 3.05) is 6.61 Å². The van der Waals surface area contributed by atoms with E-state index in [-0.39, 0.29) is 0 Å². The lowest BCUT2D eigenvalue weighted by Gasteiger charge is -2.10. The third kappa shape index (κ3) is 2.09. The van der Waals surface area contributed by atoms with Crippen LogP contribution in [0.4, 0.5) is 8.78 Å². The molecular weight excluding hydrogens is 202 g/mol. The van der Waals surface area contributed by atoms with Crippen molar-refractivity contribution in [1.82, 2.24) is 0 Å². The zero-order valence-electron chi connectivity index (χ0n) is 8.12. The van der Waals surface area contributed by atoms with Gasteiger partial charge in [-0.3, -0.25) is 0 Å². The molecule has 1 aliphatic carbocycles. The van der Waals surface area contributed by atoms with Crippen molar-refractivity contribution >= 4 is 0 Å². The van der Waals surface area contributed by atoms with Gasteiger partial charge in [0.15, 0.2) is 0 Å². The van der Waals surface area contributed by atoms with E-state index in [9.17, 15) is 13.9 Å². The molecule has 1 aliphatic rings. The lowest BCUT2D eigenvalue weighted by molar-refractivity contribution is 0.0814. The summed E-state index contributed by atoms with van der Waals surface area (Å²) in [5.74, 6) is 0.476. The van der Waals surface area contributed by atoms with Crippen molar-refractivity contribution in [3.63, 3.8) is 0 Å². The van der Waals surface area contributed by atoms with Crippen LogP contribution in [0.3, 0.4) is 0 Å². The van der Waals surface area contributed by atoms with Gasteiger partial charge in [0.05, 0.1) is 6.10 Å². The van der Waals surface area contributed by atoms with Gasteiger partial charge in [0.2, 0.25) is 0 Å². The molecule has 1 unspecified atom stereocenters. The van der Waals surface area contributed by atoms with Crippen LogP contribution in [0.2, 0.25) is 0 Å². The van der Waals surface area contributed by atoms with Crippen LogP contribution in [0.1, 0.15) is 23.7 Å². The first-order chi connectivity index (χ1) is 7.18. The van der Waals surface area contributed by atoms with Gasteiger partial charge in [-0.2, -0.15) is 0 Å². The molecule has 15 heavy (non-hydrogen) atoms. The summed E-state index contributed by atoms with van der Waals surface area (Å²) in [4.78, 5) is 0. The highest BCUT2D eigenvalue weighted by Gasteiger charge is 2.23. The summed E-state index contributed by atoms with van der Waals surface area (Å²) in [6, 6.07) is 5.19. The predicted octanol–water partition coefficient (Wildman–Crippen LogP) is 2.31. The van der Waals surface area contributed by atoms with Crippen molar-refractivity contribution in [2.24, 2.45) is 0 Å². The molecule has 1 aromatic rings. The van der Waals surface area contributed by atoms with Crippen LogP contribution >= 0.6 is 0 Å². The van der Waals surface area contributed by atoms with Crippen molar-refractivity contribution in [2.45, 2.75) is 25.4 Å². The highest BCUT2D eigenvalue weighted by Crippen LogP contribution is 2.36. The number of alkyl halides is 2. The van der Waals surface area contributed by atoms with Gasteiger partial charge < -0.3 is 9.84 Å². The van der Waals surface area contributed by atoms with E-state index in [2.05, 4.69) is 0 Å². The Labute approximate surface area is 86.5 Å². The summed E-state index contributed by atoms with van der Waals surface area (Å²) in [5.41, 5.74) is 1.67. The molecule has 0 amide bonds. The van der Waals surface area contributed by atoms with E-state index in [0.29, 0.717) is 18.6 Å². The molecule has 0 radical (unpaired) electrons. The molecule has 1 aromatic carbocycles. The zero-order valence-corrected chi connectivity index (χ0v) is 8.12. The Morgan fingerprint density at radius 1 is 1.47 bits per heavy atom. The maximum Gasteiger partial charge on any atom is 0.272 e. The monoisotopic (exact) mass is 214 g/mol. The summed E-state index contributed by atoms with van der Waals surface area (Å²) >= 11 is 0. The molecule has 1 atom stereocenters. The molecule has 2 rings (SSSR count). The highest BCUT2D eigenvalue weighted by atomic mass is 19.3. The van der Waals surface area contributed by atoms with E-state index in [1.54, 1.807) is 12.1 Å². The maximum atomic E-state index is 12.0. The van der Waals surface area contributed by atoms with E-state index in [1.807, 2.05) is 6.07 Å². The first kappa shape index (κ1) is 10.4. The molecule has 1 N–H and O–H groups in total. The smallest absolute Gasteiger partial charge is 0.272 e. The Bertz CT molecular complexity index is 352. The third-order valence-corrected chi connectivity index (χ3v) is 2.56. The number of aliphatic hydroxyl groups is 1. The lowest BCUT2D eigenvalue weighted by atomic mass is 10.1. The van der Waals surface area contributed by atoms with Crippen LogP contribution in [0.15, 0.2) is 18.2 Å². The summed E-state index contributed by atoms with van der Waals surface area (Å²) in [7, 11) is 0. The van der Waals surface area contributed by atoms with E-state index in [4.69, 9.17) is 4.74 Å². The summed E-state index contributed by atoms with van der Waals surface area (Å²) in [6.45, 7) is -0.591. The highest BCUT2D eigenvalue weighted by molar-refractivity contribution is 5.44. The van der Waals surface area contributed by atoms with Crippen molar-refractivity contribution in [3.8, 4) is 5.75 Å². The van der Waals surface area contributed by atoms with Crippen LogP contribution in [0.5, 0.6) is 5.75 Å². The van der Waals surface area contributed by atoms with Gasteiger partial charge in [0, 0.05) is 5.56 Å². The largest absolute Gasteiger partial charge is 0.487 e. The van der Waals surface area contributed by atoms with Crippen LogP contribution in [-0.2, 0) is 6.42 Å². The average molecular weight is 214 g/mol. The van der Waals surface area contributed by atoms with E-state index < -0.39 is 19.1 Å². The van der Waals surface area contributed by atoms with Crippen LogP contribution in [0.25, 0.3) is 0 Å². The second kappa shape index (κ2) is 4.14. The first-order valence-corrected chi connectivity index (χ1v) is 4.89. The molecule has 2 nitrogen and oxygen atoms in total. The van der Waals surface area contributed by atoms with Gasteiger partial charge in [-0.25, -0.2) is 8.78 Å². The van der Waals surface area contributed by atoms with Gasteiger partial charge in [-0.05, 0) is 24.5 Å². The fourth-order valence-electron chi connectivity index (χ4n) is 1.89. The maximum absolute atomic E-state index is 12.0. The molecule has 0 spiro atoms. The normalized spacial score (nSPS) is 19.3. The Hall–Kier alpha value is -1.16. The number of hydrogen-bond donors (Lipinski definition) is 1. The first-order valence-electron chi connectivity index (χ1n) is 4.89. The van der Waals surface area contributed by atoms with Gasteiger partial charge >= 0.3 is 0 Å². The minimum Gasteiger partial charge on any atom is -0.487 e. The van der Waals surface area contributed by atoms with Gasteiger partial charge in [-0.1, -0.05) is 12.1 Å². The Morgan fingerprint density at radius 2 is 2.27 bits per heavy atom. The molecule has 0 aromatic heterocycles. The number of ether oxygens (including phenoxy) is 1. The number of hydrogen-bond acceptors (Lipinski definition) is 2. The van der Waals surface area contributed by atoms with Gasteiger partial charge in [-0.15, -0.1) is 0 Å². The summed E-state index contributed by atoms with van der Waals surface area (Å²) < 4.78 is 28.9. The molecule has 0 saturated carbocycles. The molecule has 0 fully saturated rings. The minimum absolute atomic E-state index is 0.476. The van der Waals surface area contributed by atoms with Crippen LogP contribution in [-0.4, -0.2) is 18.1 Å². The van der Waals surface area contributed by atoms with E-state index >= 15 is 0 Å². The predicted molar refractivity (Wildman–Crippen MR) is 51.2 cm³/mol. The SMILES string of the molecule is OC1CCc2c(OCC(F)F)cccc21. The number of rotatable bonds is 3. The molecule has 0 saturated heterocycles. The second-order valence-electron chi connectivity index (χ2n) is 3.58. The molecule has 82 valence electrons. The third-order valence-electron chi connectivity index (χ3n) is 2.56. The van der Waals surface area contributed by atoms with E-state index in [0.717, 1.165) is 11.1 Å². The van der Waals surface area contributed by atoms with Gasteiger partial charge in [0.25, 0.3) is 6.43 Å². The van der Waals surface area contributed by atoms with Crippen molar-refractivity contribution < 1.29 is 18.6 Å². The number of halogens is 2. The average Bonchev–Trinajstić information content (AvgIpc) is 2.58. The van der Waals surface area contributed by atoms with Crippen molar-refractivity contribution in [3.05, 3.63) is 29.3 Å². The quantitative estimate of drug-likeness (QED) is 0.836. The minimum atomic E-state index is -2.47. The molecule has 0 bridgehead atoms. The zero-order chi connectivity index (χ0) is 10.8. The molecule has 0 heterocycles.